The average molecular weight is 476 g/mol. The van der Waals surface area contributed by atoms with Crippen molar-refractivity contribution in [2.75, 3.05) is 19.6 Å². The van der Waals surface area contributed by atoms with Crippen molar-refractivity contribution in [3.8, 4) is 0 Å². The number of fused-ring (bicyclic) bond motifs is 1. The zero-order chi connectivity index (χ0) is 24.5. The van der Waals surface area contributed by atoms with Crippen molar-refractivity contribution in [3.63, 3.8) is 0 Å². The summed E-state index contributed by atoms with van der Waals surface area (Å²) in [6, 6.07) is 12.9. The van der Waals surface area contributed by atoms with Gasteiger partial charge in [0.15, 0.2) is 5.78 Å². The standard InChI is InChI=1S/C29H34FN3O2/c1-19-17-32(11-12-33(19)29(35)21-7-3-4-8-21)18-24-14-25(30)13-23(20(24)2)16-28(34)27-15-22-9-5-6-10-26(22)31-27/h5-6,9-10,13-15,19,21,31H,3-4,7-8,11-12,16-18H2,1-2H3/t19-/m0/s1. The number of halogens is 1. The van der Waals surface area contributed by atoms with Gasteiger partial charge in [-0.1, -0.05) is 31.0 Å². The predicted molar refractivity (Wildman–Crippen MR) is 136 cm³/mol. The Morgan fingerprint density at radius 1 is 1.06 bits per heavy atom. The topological polar surface area (TPSA) is 56.4 Å². The van der Waals surface area contributed by atoms with E-state index < -0.39 is 0 Å². The van der Waals surface area contributed by atoms with Gasteiger partial charge in [-0.15, -0.1) is 0 Å². The van der Waals surface area contributed by atoms with Crippen LogP contribution >= 0.6 is 0 Å². The molecule has 35 heavy (non-hydrogen) atoms. The Hall–Kier alpha value is -2.99. The van der Waals surface area contributed by atoms with Crippen LogP contribution in [-0.2, 0) is 17.8 Å². The quantitative estimate of drug-likeness (QED) is 0.495. The van der Waals surface area contributed by atoms with E-state index in [0.29, 0.717) is 18.1 Å². The number of para-hydroxylation sites is 1. The number of Topliss-reactive ketones (excluding diaryl/α,β-unsaturated/α-hetero) is 1. The lowest BCUT2D eigenvalue weighted by molar-refractivity contribution is -0.140. The number of aromatic nitrogens is 1. The van der Waals surface area contributed by atoms with E-state index in [2.05, 4.69) is 21.7 Å². The highest BCUT2D eigenvalue weighted by atomic mass is 19.1. The molecule has 1 saturated heterocycles. The maximum absolute atomic E-state index is 14.6. The van der Waals surface area contributed by atoms with Crippen LogP contribution in [-0.4, -0.2) is 52.2 Å². The normalized spacial score (nSPS) is 19.5. The fraction of sp³-hybridized carbons (Fsp3) is 0.448. The van der Waals surface area contributed by atoms with E-state index in [9.17, 15) is 14.0 Å². The minimum atomic E-state index is -0.312. The molecule has 1 aliphatic carbocycles. The Labute approximate surface area is 206 Å². The number of hydrogen-bond acceptors (Lipinski definition) is 3. The summed E-state index contributed by atoms with van der Waals surface area (Å²) in [5, 5.41) is 0.993. The van der Waals surface area contributed by atoms with E-state index in [1.54, 1.807) is 6.07 Å². The summed E-state index contributed by atoms with van der Waals surface area (Å²) >= 11 is 0. The number of benzene rings is 2. The number of ketones is 1. The summed E-state index contributed by atoms with van der Waals surface area (Å²) in [5.41, 5.74) is 4.08. The van der Waals surface area contributed by atoms with Crippen LogP contribution in [0.15, 0.2) is 42.5 Å². The molecule has 0 spiro atoms. The first-order valence-corrected chi connectivity index (χ1v) is 12.8. The molecule has 1 amide bonds. The smallest absolute Gasteiger partial charge is 0.226 e. The fourth-order valence-electron chi connectivity index (χ4n) is 5.79. The second-order valence-corrected chi connectivity index (χ2v) is 10.3. The van der Waals surface area contributed by atoms with E-state index >= 15 is 0 Å². The molecular formula is C29H34FN3O2. The molecule has 0 unspecified atom stereocenters. The minimum Gasteiger partial charge on any atom is -0.352 e. The lowest BCUT2D eigenvalue weighted by atomic mass is 9.96. The Morgan fingerprint density at radius 3 is 2.54 bits per heavy atom. The molecule has 2 aromatic carbocycles. The zero-order valence-corrected chi connectivity index (χ0v) is 20.6. The Kier molecular flexibility index (Phi) is 6.74. The third kappa shape index (κ3) is 5.03. The Morgan fingerprint density at radius 2 is 1.80 bits per heavy atom. The number of nitrogens with zero attached hydrogens (tertiary/aromatic N) is 2. The highest BCUT2D eigenvalue weighted by molar-refractivity contribution is 6.00. The number of carbonyl (C=O) groups excluding carboxylic acids is 2. The van der Waals surface area contributed by atoms with Crippen LogP contribution in [0.4, 0.5) is 4.39 Å². The van der Waals surface area contributed by atoms with Crippen molar-refractivity contribution < 1.29 is 14.0 Å². The Balaban J connectivity index is 1.26. The first kappa shape index (κ1) is 23.7. The molecule has 1 N–H and O–H groups in total. The average Bonchev–Trinajstić information content (AvgIpc) is 3.52. The predicted octanol–water partition coefficient (Wildman–Crippen LogP) is 5.26. The highest BCUT2D eigenvalue weighted by Crippen LogP contribution is 2.28. The van der Waals surface area contributed by atoms with Gasteiger partial charge in [0.1, 0.15) is 5.82 Å². The number of nitrogens with one attached hydrogen (secondary N) is 1. The van der Waals surface area contributed by atoms with Crippen LogP contribution in [0.1, 0.15) is 59.8 Å². The van der Waals surface area contributed by atoms with Gasteiger partial charge < -0.3 is 9.88 Å². The molecule has 5 nitrogen and oxygen atoms in total. The number of aromatic amines is 1. The first-order chi connectivity index (χ1) is 16.9. The molecule has 2 aliphatic rings. The largest absolute Gasteiger partial charge is 0.352 e. The van der Waals surface area contributed by atoms with Gasteiger partial charge in [0, 0.05) is 55.5 Å². The van der Waals surface area contributed by atoms with Gasteiger partial charge >= 0.3 is 0 Å². The van der Waals surface area contributed by atoms with Crippen LogP contribution in [0.3, 0.4) is 0 Å². The van der Waals surface area contributed by atoms with Gasteiger partial charge in [0.05, 0.1) is 5.69 Å². The van der Waals surface area contributed by atoms with Crippen molar-refractivity contribution in [1.82, 2.24) is 14.8 Å². The number of carbonyl (C=O) groups is 2. The van der Waals surface area contributed by atoms with Crippen molar-refractivity contribution in [2.24, 2.45) is 5.92 Å². The summed E-state index contributed by atoms with van der Waals surface area (Å²) in [4.78, 5) is 33.5. The summed E-state index contributed by atoms with van der Waals surface area (Å²) in [5.74, 6) is 0.155. The van der Waals surface area contributed by atoms with Crippen molar-refractivity contribution >= 4 is 22.6 Å². The van der Waals surface area contributed by atoms with E-state index in [4.69, 9.17) is 0 Å². The molecule has 0 bridgehead atoms. The number of rotatable bonds is 6. The summed E-state index contributed by atoms with van der Waals surface area (Å²) in [6.07, 6.45) is 4.52. The zero-order valence-electron chi connectivity index (χ0n) is 20.6. The van der Waals surface area contributed by atoms with Crippen LogP contribution < -0.4 is 0 Å². The number of hydrogen-bond donors (Lipinski definition) is 1. The SMILES string of the molecule is Cc1c(CC(=O)c2cc3ccccc3[nH]2)cc(F)cc1CN1CCN(C(=O)C2CCCC2)[C@@H](C)C1. The van der Waals surface area contributed by atoms with E-state index in [1.807, 2.05) is 37.3 Å². The molecule has 5 rings (SSSR count). The second-order valence-electron chi connectivity index (χ2n) is 10.3. The van der Waals surface area contributed by atoms with E-state index in [-0.39, 0.29) is 30.0 Å². The molecule has 1 saturated carbocycles. The summed E-state index contributed by atoms with van der Waals surface area (Å²) in [6.45, 7) is 6.98. The van der Waals surface area contributed by atoms with Gasteiger partial charge in [0.2, 0.25) is 5.91 Å². The highest BCUT2D eigenvalue weighted by Gasteiger charge is 2.33. The number of H-pyrrole nitrogens is 1. The molecular weight excluding hydrogens is 441 g/mol. The van der Waals surface area contributed by atoms with Gasteiger partial charge in [-0.05, 0) is 67.6 Å². The van der Waals surface area contributed by atoms with Crippen LogP contribution in [0, 0.1) is 18.7 Å². The van der Waals surface area contributed by atoms with Crippen molar-refractivity contribution in [1.29, 1.82) is 0 Å². The monoisotopic (exact) mass is 475 g/mol. The molecule has 1 atom stereocenters. The van der Waals surface area contributed by atoms with Crippen molar-refractivity contribution in [2.45, 2.75) is 58.5 Å². The van der Waals surface area contributed by atoms with Crippen molar-refractivity contribution in [3.05, 3.63) is 70.7 Å². The third-order valence-electron chi connectivity index (χ3n) is 7.86. The van der Waals surface area contributed by atoms with Crippen LogP contribution in [0.5, 0.6) is 0 Å². The van der Waals surface area contributed by atoms with Gasteiger partial charge in [0.25, 0.3) is 0 Å². The first-order valence-electron chi connectivity index (χ1n) is 12.8. The van der Waals surface area contributed by atoms with Gasteiger partial charge in [-0.25, -0.2) is 4.39 Å². The maximum Gasteiger partial charge on any atom is 0.226 e. The number of piperazine rings is 1. The Bertz CT molecular complexity index is 1210. The number of amides is 1. The molecule has 1 aromatic heterocycles. The lowest BCUT2D eigenvalue weighted by Gasteiger charge is -2.41. The molecule has 1 aliphatic heterocycles. The van der Waals surface area contributed by atoms with Gasteiger partial charge in [-0.2, -0.15) is 0 Å². The molecule has 0 radical (unpaired) electrons. The summed E-state index contributed by atoms with van der Waals surface area (Å²) < 4.78 is 14.6. The minimum absolute atomic E-state index is 0.0477. The van der Waals surface area contributed by atoms with Crippen LogP contribution in [0.2, 0.25) is 0 Å². The molecule has 184 valence electrons. The van der Waals surface area contributed by atoms with Crippen LogP contribution in [0.25, 0.3) is 10.9 Å². The molecule has 2 heterocycles. The molecule has 3 aromatic rings. The third-order valence-corrected chi connectivity index (χ3v) is 7.86. The maximum atomic E-state index is 14.6. The second kappa shape index (κ2) is 9.94. The van der Waals surface area contributed by atoms with E-state index in [1.165, 1.54) is 6.07 Å². The fourth-order valence-corrected chi connectivity index (χ4v) is 5.79. The van der Waals surface area contributed by atoms with E-state index in [0.717, 1.165) is 72.9 Å². The molecule has 6 heteroatoms. The molecule has 2 fully saturated rings. The lowest BCUT2D eigenvalue weighted by Crippen LogP contribution is -2.54. The van der Waals surface area contributed by atoms with Gasteiger partial charge in [-0.3, -0.25) is 14.5 Å². The summed E-state index contributed by atoms with van der Waals surface area (Å²) in [7, 11) is 0.